The molecule has 4 aromatic rings. The van der Waals surface area contributed by atoms with Crippen molar-refractivity contribution in [2.24, 2.45) is 0 Å². The number of carbonyl (C=O) groups is 2. The fourth-order valence-corrected chi connectivity index (χ4v) is 5.51. The van der Waals surface area contributed by atoms with Gasteiger partial charge in [0, 0.05) is 61.0 Å². The lowest BCUT2D eigenvalue weighted by Crippen LogP contribution is -2.29. The van der Waals surface area contributed by atoms with Crippen molar-refractivity contribution < 1.29 is 28.6 Å². The van der Waals surface area contributed by atoms with Gasteiger partial charge in [0.15, 0.2) is 29.0 Å². The highest BCUT2D eigenvalue weighted by molar-refractivity contribution is 5.93. The molecule has 43 heavy (non-hydrogen) atoms. The maximum atomic E-state index is 15.5. The average Bonchev–Trinajstić information content (AvgIpc) is 3.62. The van der Waals surface area contributed by atoms with Crippen molar-refractivity contribution in [1.29, 1.82) is 0 Å². The first-order chi connectivity index (χ1) is 20.4. The number of aromatic nitrogens is 5. The Morgan fingerprint density at radius 3 is 2.70 bits per heavy atom. The number of benzene rings is 1. The molecule has 0 saturated heterocycles. The molecule has 1 N–H and O–H groups in total. The van der Waals surface area contributed by atoms with E-state index in [1.54, 1.807) is 58.2 Å². The molecule has 5 rings (SSSR count). The molecule has 228 valence electrons. The van der Waals surface area contributed by atoms with Gasteiger partial charge in [0.05, 0.1) is 24.2 Å². The summed E-state index contributed by atoms with van der Waals surface area (Å²) in [6, 6.07) is 2.92. The first kappa shape index (κ1) is 30.1. The van der Waals surface area contributed by atoms with Crippen molar-refractivity contribution >= 4 is 17.5 Å². The first-order valence-corrected chi connectivity index (χ1v) is 14.3. The van der Waals surface area contributed by atoms with E-state index >= 15 is 4.39 Å². The van der Waals surface area contributed by atoms with Crippen LogP contribution in [0.4, 0.5) is 4.39 Å². The number of amides is 1. The highest BCUT2D eigenvalue weighted by atomic mass is 19.1. The zero-order valence-electron chi connectivity index (χ0n) is 25.3. The number of hydrogen-bond donors (Lipinski definition) is 1. The molecule has 1 aliphatic rings. The van der Waals surface area contributed by atoms with Crippen molar-refractivity contribution in [2.75, 3.05) is 20.2 Å². The predicted molar refractivity (Wildman–Crippen MR) is 157 cm³/mol. The number of halogens is 1. The number of ether oxygens (including phenoxy) is 2. The van der Waals surface area contributed by atoms with Crippen molar-refractivity contribution in [3.05, 3.63) is 64.7 Å². The molecule has 1 amide bonds. The van der Waals surface area contributed by atoms with Crippen LogP contribution in [0.1, 0.15) is 72.6 Å². The maximum absolute atomic E-state index is 15.5. The molecule has 11 nitrogen and oxygen atoms in total. The van der Waals surface area contributed by atoms with E-state index < -0.39 is 23.5 Å². The van der Waals surface area contributed by atoms with Crippen LogP contribution in [0.2, 0.25) is 0 Å². The Labute approximate surface area is 249 Å². The molecule has 1 aliphatic heterocycles. The van der Waals surface area contributed by atoms with Gasteiger partial charge in [0.1, 0.15) is 0 Å². The number of aryl methyl sites for hydroxylation is 2. The second-order valence-corrected chi connectivity index (χ2v) is 11.9. The van der Waals surface area contributed by atoms with Crippen LogP contribution in [0.15, 0.2) is 30.9 Å². The monoisotopic (exact) mass is 592 g/mol. The largest absolute Gasteiger partial charge is 0.490 e. The van der Waals surface area contributed by atoms with Crippen LogP contribution in [0.5, 0.6) is 5.75 Å². The third-order valence-electron chi connectivity index (χ3n) is 7.51. The minimum atomic E-state index is -1.43. The molecule has 3 aromatic heterocycles. The summed E-state index contributed by atoms with van der Waals surface area (Å²) < 4.78 is 30.6. The van der Waals surface area contributed by atoms with Crippen LogP contribution in [-0.4, -0.2) is 71.8 Å². The van der Waals surface area contributed by atoms with Gasteiger partial charge in [-0.3, -0.25) is 4.79 Å². The van der Waals surface area contributed by atoms with E-state index in [1.165, 1.54) is 10.6 Å². The van der Waals surface area contributed by atoms with E-state index in [1.807, 2.05) is 17.7 Å². The summed E-state index contributed by atoms with van der Waals surface area (Å²) in [4.78, 5) is 36.4. The van der Waals surface area contributed by atoms with Crippen molar-refractivity contribution in [3.8, 4) is 17.0 Å². The Hall–Kier alpha value is -4.32. The summed E-state index contributed by atoms with van der Waals surface area (Å²) >= 11 is 0. The number of fused-ring (bicyclic) bond motifs is 2. The van der Waals surface area contributed by atoms with Gasteiger partial charge in [-0.25, -0.2) is 23.7 Å². The Kier molecular flexibility index (Phi) is 8.24. The predicted octanol–water partition coefficient (Wildman–Crippen LogP) is 4.78. The third-order valence-corrected chi connectivity index (χ3v) is 7.51. The Bertz CT molecular complexity index is 1670. The lowest BCUT2D eigenvalue weighted by atomic mass is 9.91. The summed E-state index contributed by atoms with van der Waals surface area (Å²) in [5.41, 5.74) is 2.47. The summed E-state index contributed by atoms with van der Waals surface area (Å²) in [5, 5.41) is 15.0. The second-order valence-electron chi connectivity index (χ2n) is 11.9. The summed E-state index contributed by atoms with van der Waals surface area (Å²) in [7, 11) is 1.70. The fraction of sp³-hybridized carbons (Fsp3) is 0.452. The van der Waals surface area contributed by atoms with Gasteiger partial charge < -0.3 is 24.0 Å². The molecule has 12 heteroatoms. The maximum Gasteiger partial charge on any atom is 0.337 e. The van der Waals surface area contributed by atoms with E-state index in [4.69, 9.17) is 9.47 Å². The number of carbonyl (C=O) groups excluding carboxylic acids is 1. The molecule has 4 heterocycles. The van der Waals surface area contributed by atoms with Crippen LogP contribution < -0.4 is 4.74 Å². The lowest BCUT2D eigenvalue weighted by Gasteiger charge is -2.28. The number of carboxylic acid groups (broad SMARTS) is 1. The van der Waals surface area contributed by atoms with E-state index in [2.05, 4.69) is 15.1 Å². The molecule has 0 saturated carbocycles. The number of aliphatic carboxylic acids is 1. The minimum absolute atomic E-state index is 0.137. The SMILES string of the molecule is Cc1nc2cc(C(=O)N(C)CCCn3ccnc3)nn2c(-c2cc(F)c3c(c2C)CCCO3)c1C(OC(C)(C)C)C(=O)O. The van der Waals surface area contributed by atoms with Crippen LogP contribution in [0.3, 0.4) is 0 Å². The molecular formula is C31H37FN6O5. The topological polar surface area (TPSA) is 124 Å². The van der Waals surface area contributed by atoms with Crippen molar-refractivity contribution in [1.82, 2.24) is 29.0 Å². The van der Waals surface area contributed by atoms with Gasteiger partial charge in [0.25, 0.3) is 5.91 Å². The Morgan fingerprint density at radius 2 is 2.02 bits per heavy atom. The van der Waals surface area contributed by atoms with Crippen LogP contribution >= 0.6 is 0 Å². The van der Waals surface area contributed by atoms with Gasteiger partial charge in [0.2, 0.25) is 0 Å². The van der Waals surface area contributed by atoms with Gasteiger partial charge in [-0.2, -0.15) is 5.10 Å². The Balaban J connectivity index is 1.65. The highest BCUT2D eigenvalue weighted by Gasteiger charge is 2.35. The fourth-order valence-electron chi connectivity index (χ4n) is 5.51. The second kappa shape index (κ2) is 11.8. The number of hydrogen-bond acceptors (Lipinski definition) is 7. The van der Waals surface area contributed by atoms with Gasteiger partial charge in [-0.05, 0) is 65.5 Å². The third kappa shape index (κ3) is 6.10. The van der Waals surface area contributed by atoms with Gasteiger partial charge in [-0.1, -0.05) is 0 Å². The summed E-state index contributed by atoms with van der Waals surface area (Å²) in [5.74, 6) is -1.87. The quantitative estimate of drug-likeness (QED) is 0.295. The van der Waals surface area contributed by atoms with Crippen molar-refractivity contribution in [3.63, 3.8) is 0 Å². The van der Waals surface area contributed by atoms with Gasteiger partial charge in [-0.15, -0.1) is 0 Å². The molecule has 0 radical (unpaired) electrons. The molecule has 0 spiro atoms. The zero-order chi connectivity index (χ0) is 31.1. The molecule has 0 aliphatic carbocycles. The normalized spacial score (nSPS) is 13.9. The van der Waals surface area contributed by atoms with Crippen LogP contribution in [0.25, 0.3) is 16.9 Å². The summed E-state index contributed by atoms with van der Waals surface area (Å²) in [6.45, 7) is 10.4. The number of nitrogens with zero attached hydrogens (tertiary/aromatic N) is 6. The number of carboxylic acids is 1. The molecule has 1 aromatic carbocycles. The molecule has 0 bridgehead atoms. The van der Waals surface area contributed by atoms with E-state index in [0.29, 0.717) is 55.1 Å². The Morgan fingerprint density at radius 1 is 1.26 bits per heavy atom. The molecule has 1 atom stereocenters. The number of imidazole rings is 1. The number of rotatable bonds is 9. The van der Waals surface area contributed by atoms with Gasteiger partial charge >= 0.3 is 5.97 Å². The molecule has 0 fully saturated rings. The van der Waals surface area contributed by atoms with Crippen LogP contribution in [0, 0.1) is 19.7 Å². The highest BCUT2D eigenvalue weighted by Crippen LogP contribution is 2.41. The van der Waals surface area contributed by atoms with E-state index in [9.17, 15) is 14.7 Å². The average molecular weight is 593 g/mol. The molecule has 1 unspecified atom stereocenters. The minimum Gasteiger partial charge on any atom is -0.490 e. The van der Waals surface area contributed by atoms with E-state index in [0.717, 1.165) is 17.5 Å². The smallest absolute Gasteiger partial charge is 0.337 e. The van der Waals surface area contributed by atoms with Crippen molar-refractivity contribution in [2.45, 2.75) is 72.1 Å². The zero-order valence-corrected chi connectivity index (χ0v) is 25.3. The first-order valence-electron chi connectivity index (χ1n) is 14.3. The summed E-state index contributed by atoms with van der Waals surface area (Å²) in [6.07, 6.45) is 5.91. The van der Waals surface area contributed by atoms with Crippen LogP contribution in [-0.2, 0) is 22.5 Å². The lowest BCUT2D eigenvalue weighted by molar-refractivity contribution is -0.160. The van der Waals surface area contributed by atoms with E-state index in [-0.39, 0.29) is 22.9 Å². The molecular weight excluding hydrogens is 555 g/mol. The standard InChI is InChI=1S/C31H37FN6O5/c1-18-20-9-7-14-42-27(20)22(32)15-21(18)26-25(28(30(40)41)43-31(3,4)5)19(2)34-24-16-23(35-38(24)26)29(39)36(6)11-8-12-37-13-10-33-17-37/h10,13,15-17,28H,7-9,11-12,14H2,1-6H3,(H,40,41).